The second kappa shape index (κ2) is 8.66. The third kappa shape index (κ3) is 6.80. The maximum absolute atomic E-state index is 11.6. The number of carbonyl (C=O) groups excluding carboxylic acids is 1. The zero-order valence-corrected chi connectivity index (χ0v) is 12.9. The van der Waals surface area contributed by atoms with Gasteiger partial charge in [-0.15, -0.1) is 0 Å². The molecule has 0 amide bonds. The van der Waals surface area contributed by atoms with Crippen LogP contribution in [0.1, 0.15) is 67.3 Å². The SMILES string of the molecule is CCC(=O)c1ccc(C2CCCCC2)c([N+]#N)c1.F[B-](F)(F)F. The van der Waals surface area contributed by atoms with Crippen LogP contribution in [0.4, 0.5) is 23.0 Å². The summed E-state index contributed by atoms with van der Waals surface area (Å²) in [6.45, 7) is 1.84. The van der Waals surface area contributed by atoms with Crippen LogP contribution in [-0.2, 0) is 0 Å². The van der Waals surface area contributed by atoms with Crippen LogP contribution in [0.25, 0.3) is 4.98 Å². The Balaban J connectivity index is 0.000000463. The maximum atomic E-state index is 11.6. The van der Waals surface area contributed by atoms with Gasteiger partial charge in [-0.1, -0.05) is 32.3 Å². The molecule has 0 aromatic heterocycles. The normalized spacial score (nSPS) is 15.3. The zero-order valence-electron chi connectivity index (χ0n) is 12.9. The Morgan fingerprint density at radius 1 is 1.22 bits per heavy atom. The van der Waals surface area contributed by atoms with Gasteiger partial charge in [0, 0.05) is 18.1 Å². The van der Waals surface area contributed by atoms with Gasteiger partial charge in [0.05, 0.1) is 5.56 Å². The smallest absolute Gasteiger partial charge is 0.418 e. The number of Topliss-reactive ketones (excluding diaryl/α,β-unsaturated/α-hetero) is 1. The van der Waals surface area contributed by atoms with E-state index in [1.54, 1.807) is 6.07 Å². The lowest BCUT2D eigenvalue weighted by Crippen LogP contribution is -2.05. The molecule has 0 N–H and O–H groups in total. The predicted molar refractivity (Wildman–Crippen MR) is 81.8 cm³/mol. The lowest BCUT2D eigenvalue weighted by molar-refractivity contribution is 0.0988. The second-order valence-electron chi connectivity index (χ2n) is 5.48. The van der Waals surface area contributed by atoms with Crippen molar-refractivity contribution >= 4 is 18.7 Å². The van der Waals surface area contributed by atoms with E-state index in [1.165, 1.54) is 19.3 Å². The molecule has 126 valence electrons. The highest BCUT2D eigenvalue weighted by Gasteiger charge is 2.25. The first kappa shape index (κ1) is 19.1. The van der Waals surface area contributed by atoms with Gasteiger partial charge in [-0.2, -0.15) is 0 Å². The van der Waals surface area contributed by atoms with Crippen LogP contribution in [-0.4, -0.2) is 13.0 Å². The van der Waals surface area contributed by atoms with Crippen molar-refractivity contribution < 1.29 is 22.1 Å². The van der Waals surface area contributed by atoms with E-state index in [0.717, 1.165) is 18.4 Å². The monoisotopic (exact) mass is 330 g/mol. The summed E-state index contributed by atoms with van der Waals surface area (Å²) < 4.78 is 39.0. The third-order valence-corrected chi connectivity index (χ3v) is 3.83. The van der Waals surface area contributed by atoms with E-state index >= 15 is 0 Å². The van der Waals surface area contributed by atoms with Gasteiger partial charge in [0.25, 0.3) is 0 Å². The fourth-order valence-electron chi connectivity index (χ4n) is 2.77. The first-order valence-electron chi connectivity index (χ1n) is 7.65. The Hall–Kier alpha value is -1.91. The molecule has 8 heteroatoms. The van der Waals surface area contributed by atoms with E-state index in [2.05, 4.69) is 4.98 Å². The van der Waals surface area contributed by atoms with Crippen LogP contribution < -0.4 is 0 Å². The summed E-state index contributed by atoms with van der Waals surface area (Å²) in [5.41, 5.74) is 2.30. The largest absolute Gasteiger partial charge is 0.673 e. The Bertz CT molecular complexity index is 572. The van der Waals surface area contributed by atoms with E-state index in [4.69, 9.17) is 5.39 Å². The quantitative estimate of drug-likeness (QED) is 0.290. The van der Waals surface area contributed by atoms with Crippen molar-refractivity contribution in [1.29, 1.82) is 5.39 Å². The Morgan fingerprint density at radius 2 is 1.78 bits per heavy atom. The number of diazo groups is 1. The topological polar surface area (TPSA) is 45.2 Å². The van der Waals surface area contributed by atoms with Gasteiger partial charge in [0.15, 0.2) is 10.8 Å². The number of hydrogen-bond acceptors (Lipinski definition) is 2. The Morgan fingerprint density at radius 3 is 2.26 bits per heavy atom. The minimum Gasteiger partial charge on any atom is -0.418 e. The molecule has 0 heterocycles. The van der Waals surface area contributed by atoms with Gasteiger partial charge < -0.3 is 17.3 Å². The van der Waals surface area contributed by atoms with Gasteiger partial charge in [0.2, 0.25) is 5.39 Å². The molecule has 0 bridgehead atoms. The van der Waals surface area contributed by atoms with E-state index in [0.29, 0.717) is 23.6 Å². The lowest BCUT2D eigenvalue weighted by Gasteiger charge is -2.20. The number of benzene rings is 1. The van der Waals surface area contributed by atoms with Crippen LogP contribution in [0.2, 0.25) is 0 Å². The number of rotatable bonds is 3. The summed E-state index contributed by atoms with van der Waals surface area (Å²) in [4.78, 5) is 15.0. The van der Waals surface area contributed by atoms with Gasteiger partial charge >= 0.3 is 12.9 Å². The highest BCUT2D eigenvalue weighted by molar-refractivity contribution is 6.50. The summed E-state index contributed by atoms with van der Waals surface area (Å²) in [6, 6.07) is 5.55. The average molecular weight is 330 g/mol. The summed E-state index contributed by atoms with van der Waals surface area (Å²) in [5.74, 6) is 0.575. The Labute approximate surface area is 132 Å². The van der Waals surface area contributed by atoms with Gasteiger partial charge in [-0.05, 0) is 24.8 Å². The first-order chi connectivity index (χ1) is 10.8. The minimum atomic E-state index is -6.00. The van der Waals surface area contributed by atoms with Crippen LogP contribution >= 0.6 is 0 Å². The van der Waals surface area contributed by atoms with Crippen molar-refractivity contribution in [2.24, 2.45) is 0 Å². The Kier molecular flexibility index (Phi) is 7.20. The zero-order chi connectivity index (χ0) is 17.5. The molecule has 0 saturated heterocycles. The maximum Gasteiger partial charge on any atom is 0.673 e. The fourth-order valence-corrected chi connectivity index (χ4v) is 2.77. The number of halogens is 4. The van der Waals surface area contributed by atoms with Crippen LogP contribution in [0.5, 0.6) is 0 Å². The molecule has 1 saturated carbocycles. The van der Waals surface area contributed by atoms with Crippen molar-refractivity contribution in [2.45, 2.75) is 51.4 Å². The summed E-state index contributed by atoms with van der Waals surface area (Å²) in [7, 11) is -6.00. The van der Waals surface area contributed by atoms with Gasteiger partial charge in [-0.3, -0.25) is 4.79 Å². The van der Waals surface area contributed by atoms with Crippen molar-refractivity contribution in [2.75, 3.05) is 0 Å². The average Bonchev–Trinajstić information content (AvgIpc) is 2.52. The van der Waals surface area contributed by atoms with Crippen LogP contribution in [0.3, 0.4) is 0 Å². The molecule has 23 heavy (non-hydrogen) atoms. The highest BCUT2D eigenvalue weighted by Crippen LogP contribution is 2.38. The molecule has 0 aliphatic heterocycles. The van der Waals surface area contributed by atoms with Crippen molar-refractivity contribution in [3.8, 4) is 0 Å². The van der Waals surface area contributed by atoms with Crippen LogP contribution in [0, 0.1) is 5.39 Å². The van der Waals surface area contributed by atoms with Crippen molar-refractivity contribution in [1.82, 2.24) is 0 Å². The molecule has 1 fully saturated rings. The van der Waals surface area contributed by atoms with E-state index < -0.39 is 7.25 Å². The molecule has 0 radical (unpaired) electrons. The molecule has 3 nitrogen and oxygen atoms in total. The van der Waals surface area contributed by atoms with Gasteiger partial charge in [0.1, 0.15) is 0 Å². The molecule has 1 aliphatic rings. The highest BCUT2D eigenvalue weighted by atomic mass is 19.5. The fraction of sp³-hybridized carbons (Fsp3) is 0.533. The van der Waals surface area contributed by atoms with Crippen molar-refractivity contribution in [3.05, 3.63) is 34.3 Å². The number of hydrogen-bond donors (Lipinski definition) is 0. The molecule has 1 aromatic carbocycles. The van der Waals surface area contributed by atoms with E-state index in [9.17, 15) is 22.1 Å². The number of nitrogens with zero attached hydrogens (tertiary/aromatic N) is 2. The predicted octanol–water partition coefficient (Wildman–Crippen LogP) is 6.11. The van der Waals surface area contributed by atoms with Crippen molar-refractivity contribution in [3.63, 3.8) is 0 Å². The standard InChI is InChI=1S/C15H19N2O.BF4/c1-2-15(18)12-8-9-13(14(10-12)17-16)11-6-4-3-5-7-11;2-1(3,4)5/h8-11H,2-7H2,1H3;/q+1;-1. The second-order valence-corrected chi connectivity index (χ2v) is 5.48. The van der Waals surface area contributed by atoms with Crippen LogP contribution in [0.15, 0.2) is 18.2 Å². The first-order valence-corrected chi connectivity index (χ1v) is 7.65. The molecule has 0 spiro atoms. The molecule has 0 unspecified atom stereocenters. The summed E-state index contributed by atoms with van der Waals surface area (Å²) >= 11 is 0. The van der Waals surface area contributed by atoms with E-state index in [-0.39, 0.29) is 5.78 Å². The molecular formula is C15H19BF4N2O. The summed E-state index contributed by atoms with van der Waals surface area (Å²) in [5, 5.41) is 9.14. The third-order valence-electron chi connectivity index (χ3n) is 3.83. The molecule has 1 aliphatic carbocycles. The molecule has 0 atom stereocenters. The number of carbonyl (C=O) groups is 1. The van der Waals surface area contributed by atoms with E-state index in [1.807, 2.05) is 19.1 Å². The lowest BCUT2D eigenvalue weighted by atomic mass is 9.83. The van der Waals surface area contributed by atoms with Gasteiger partial charge in [-0.25, -0.2) is 0 Å². The molecule has 1 aromatic rings. The molecule has 2 rings (SSSR count). The molecular weight excluding hydrogens is 311 g/mol. The summed E-state index contributed by atoms with van der Waals surface area (Å²) in [6.07, 6.45) is 6.58. The number of ketones is 1. The minimum absolute atomic E-state index is 0.0927.